The van der Waals surface area contributed by atoms with E-state index in [0.717, 1.165) is 24.0 Å². The van der Waals surface area contributed by atoms with E-state index in [9.17, 15) is 14.4 Å². The van der Waals surface area contributed by atoms with E-state index >= 15 is 0 Å². The number of hydrogen-bond donors (Lipinski definition) is 3. The molecule has 0 aromatic heterocycles. The van der Waals surface area contributed by atoms with Gasteiger partial charge in [-0.1, -0.05) is 88.4 Å². The molecule has 1 aliphatic heterocycles. The van der Waals surface area contributed by atoms with E-state index < -0.39 is 24.1 Å². The predicted molar refractivity (Wildman–Crippen MR) is 151 cm³/mol. The van der Waals surface area contributed by atoms with Crippen molar-refractivity contribution in [3.05, 3.63) is 71.8 Å². The molecule has 212 valence electrons. The Morgan fingerprint density at radius 2 is 1.41 bits per heavy atom. The fourth-order valence-corrected chi connectivity index (χ4v) is 4.60. The van der Waals surface area contributed by atoms with Crippen LogP contribution in [0.2, 0.25) is 0 Å². The van der Waals surface area contributed by atoms with Gasteiger partial charge in [0.1, 0.15) is 24.8 Å². The lowest BCUT2D eigenvalue weighted by Gasteiger charge is -2.24. The van der Waals surface area contributed by atoms with E-state index in [0.29, 0.717) is 11.8 Å². The summed E-state index contributed by atoms with van der Waals surface area (Å²) in [6.45, 7) is 10.3. The zero-order valence-corrected chi connectivity index (χ0v) is 23.7. The summed E-state index contributed by atoms with van der Waals surface area (Å²) >= 11 is 0. The third-order valence-corrected chi connectivity index (χ3v) is 6.63. The second kappa shape index (κ2) is 14.7. The van der Waals surface area contributed by atoms with Crippen LogP contribution in [0.4, 0.5) is 4.79 Å². The first kappa shape index (κ1) is 30.2. The smallest absolute Gasteiger partial charge is 0.408 e. The van der Waals surface area contributed by atoms with Crippen LogP contribution in [-0.2, 0) is 32.1 Å². The summed E-state index contributed by atoms with van der Waals surface area (Å²) in [7, 11) is 0. The van der Waals surface area contributed by atoms with E-state index in [1.54, 1.807) is 6.92 Å². The van der Waals surface area contributed by atoms with Crippen LogP contribution in [0, 0.1) is 11.8 Å². The van der Waals surface area contributed by atoms with E-state index in [4.69, 9.17) is 9.47 Å². The van der Waals surface area contributed by atoms with Crippen LogP contribution in [0.15, 0.2) is 60.7 Å². The molecule has 8 nitrogen and oxygen atoms in total. The second-order valence-electron chi connectivity index (χ2n) is 11.2. The Morgan fingerprint density at radius 3 is 2.00 bits per heavy atom. The number of amides is 3. The van der Waals surface area contributed by atoms with Crippen LogP contribution in [0.1, 0.15) is 58.6 Å². The Hall–Kier alpha value is -3.39. The number of epoxide rings is 1. The molecule has 1 aliphatic rings. The van der Waals surface area contributed by atoms with E-state index in [2.05, 4.69) is 43.6 Å². The van der Waals surface area contributed by atoms with Crippen molar-refractivity contribution in [1.29, 1.82) is 0 Å². The maximum atomic E-state index is 13.3. The Labute approximate surface area is 232 Å². The first-order valence-corrected chi connectivity index (χ1v) is 13.9. The highest BCUT2D eigenvalue weighted by atomic mass is 16.6. The Morgan fingerprint density at radius 1 is 0.795 bits per heavy atom. The van der Waals surface area contributed by atoms with Gasteiger partial charge in [-0.2, -0.15) is 0 Å². The predicted octanol–water partition coefficient (Wildman–Crippen LogP) is 4.37. The van der Waals surface area contributed by atoms with Gasteiger partial charge in [0.25, 0.3) is 0 Å². The first-order valence-electron chi connectivity index (χ1n) is 13.9. The van der Waals surface area contributed by atoms with Gasteiger partial charge in [-0.3, -0.25) is 9.59 Å². The highest BCUT2D eigenvalue weighted by Gasteiger charge is 2.45. The summed E-state index contributed by atoms with van der Waals surface area (Å²) in [6.07, 6.45) is 1.44. The van der Waals surface area contributed by atoms with Gasteiger partial charge in [0.05, 0.1) is 12.1 Å². The zero-order valence-electron chi connectivity index (χ0n) is 23.7. The van der Waals surface area contributed by atoms with Crippen LogP contribution in [0.3, 0.4) is 0 Å². The van der Waals surface area contributed by atoms with Gasteiger partial charge in [-0.15, -0.1) is 0 Å². The summed E-state index contributed by atoms with van der Waals surface area (Å²) in [5.41, 5.74) is 1.71. The third-order valence-electron chi connectivity index (χ3n) is 6.63. The molecule has 3 N–H and O–H groups in total. The lowest BCUT2D eigenvalue weighted by atomic mass is 9.96. The van der Waals surface area contributed by atoms with Gasteiger partial charge in [-0.05, 0) is 42.7 Å². The van der Waals surface area contributed by atoms with Crippen molar-refractivity contribution in [2.45, 2.75) is 90.8 Å². The molecule has 2 aromatic carbocycles. The number of carbonyl (C=O) groups is 3. The van der Waals surface area contributed by atoms with Gasteiger partial charge in [0.15, 0.2) is 0 Å². The van der Waals surface area contributed by atoms with Crippen LogP contribution in [0.25, 0.3) is 0 Å². The maximum absolute atomic E-state index is 13.3. The fraction of sp³-hybridized carbons (Fsp3) is 0.516. The van der Waals surface area contributed by atoms with Gasteiger partial charge in [-0.25, -0.2) is 4.79 Å². The summed E-state index contributed by atoms with van der Waals surface area (Å²) in [4.78, 5) is 38.9. The van der Waals surface area contributed by atoms with Crippen molar-refractivity contribution in [3.8, 4) is 0 Å². The molecule has 3 amide bonds. The second-order valence-corrected chi connectivity index (χ2v) is 11.2. The number of hydrogen-bond acceptors (Lipinski definition) is 5. The highest BCUT2D eigenvalue weighted by molar-refractivity contribution is 5.91. The molecule has 0 radical (unpaired) electrons. The van der Waals surface area contributed by atoms with Crippen molar-refractivity contribution < 1.29 is 23.9 Å². The molecule has 1 fully saturated rings. The zero-order chi connectivity index (χ0) is 28.4. The monoisotopic (exact) mass is 537 g/mol. The first-order chi connectivity index (χ1) is 18.6. The van der Waals surface area contributed by atoms with E-state index in [1.165, 1.54) is 0 Å². The molecular formula is C31H43N3O5. The minimum Gasteiger partial charge on any atom is -0.445 e. The molecule has 0 saturated carbocycles. The lowest BCUT2D eigenvalue weighted by Crippen LogP contribution is -2.55. The van der Waals surface area contributed by atoms with Gasteiger partial charge in [0, 0.05) is 6.42 Å². The minimum atomic E-state index is -0.917. The molecule has 3 rings (SSSR count). The summed E-state index contributed by atoms with van der Waals surface area (Å²) in [6, 6.07) is 16.9. The Bertz CT molecular complexity index is 1060. The minimum absolute atomic E-state index is 0.00599. The number of carbonyl (C=O) groups excluding carboxylic acids is 3. The molecule has 1 heterocycles. The van der Waals surface area contributed by atoms with Gasteiger partial charge >= 0.3 is 6.09 Å². The molecule has 0 spiro atoms. The normalized spacial score (nSPS) is 18.6. The van der Waals surface area contributed by atoms with Crippen LogP contribution in [0.5, 0.6) is 0 Å². The third kappa shape index (κ3) is 10.4. The molecule has 8 heteroatoms. The van der Waals surface area contributed by atoms with Crippen molar-refractivity contribution in [1.82, 2.24) is 16.0 Å². The molecule has 39 heavy (non-hydrogen) atoms. The fourth-order valence-electron chi connectivity index (χ4n) is 4.60. The molecule has 5 atom stereocenters. The molecule has 0 bridgehead atoms. The number of ether oxygens (including phenoxy) is 2. The van der Waals surface area contributed by atoms with Gasteiger partial charge < -0.3 is 25.4 Å². The topological polar surface area (TPSA) is 109 Å². The molecule has 2 aromatic rings. The standard InChI is InChI=1S/C31H43N3O5/c1-20(2)16-25(28-27(39-28)17-21(3)4)33-29(35)22(5)32-30(36)26(18-23-12-8-6-9-13-23)34-31(37)38-19-24-14-10-7-11-15-24/h6-15,20-22,25-28H,16-19H2,1-5H3,(H,32,36)(H,33,35)(H,34,37)/t22-,25-,26-,27?,28?/m0/s1. The summed E-state index contributed by atoms with van der Waals surface area (Å²) in [5.74, 6) is 0.157. The van der Waals surface area contributed by atoms with Crippen molar-refractivity contribution >= 4 is 17.9 Å². The largest absolute Gasteiger partial charge is 0.445 e. The Balaban J connectivity index is 1.60. The molecule has 2 unspecified atom stereocenters. The van der Waals surface area contributed by atoms with E-state index in [1.807, 2.05) is 60.7 Å². The number of benzene rings is 2. The number of alkyl carbamates (subject to hydrolysis) is 1. The maximum Gasteiger partial charge on any atom is 0.408 e. The SMILES string of the molecule is CC(C)CC1OC1[C@H](CC(C)C)NC(=O)[C@H](C)NC(=O)[C@H](Cc1ccccc1)NC(=O)OCc1ccccc1. The Kier molecular flexibility index (Phi) is 11.3. The van der Waals surface area contributed by atoms with Crippen molar-refractivity contribution in [2.75, 3.05) is 0 Å². The van der Waals surface area contributed by atoms with Gasteiger partial charge in [0.2, 0.25) is 11.8 Å². The van der Waals surface area contributed by atoms with Crippen molar-refractivity contribution in [3.63, 3.8) is 0 Å². The summed E-state index contributed by atoms with van der Waals surface area (Å²) < 4.78 is 11.2. The van der Waals surface area contributed by atoms with Crippen LogP contribution in [-0.4, -0.2) is 48.2 Å². The number of nitrogens with one attached hydrogen (secondary N) is 3. The van der Waals surface area contributed by atoms with Crippen LogP contribution >= 0.6 is 0 Å². The average Bonchev–Trinajstić information content (AvgIpc) is 3.65. The molecule has 1 saturated heterocycles. The quantitative estimate of drug-likeness (QED) is 0.310. The van der Waals surface area contributed by atoms with Crippen LogP contribution < -0.4 is 16.0 Å². The number of rotatable bonds is 14. The lowest BCUT2D eigenvalue weighted by molar-refractivity contribution is -0.130. The summed E-state index contributed by atoms with van der Waals surface area (Å²) in [5, 5.41) is 8.55. The average molecular weight is 538 g/mol. The highest BCUT2D eigenvalue weighted by Crippen LogP contribution is 2.33. The van der Waals surface area contributed by atoms with E-state index in [-0.39, 0.29) is 37.2 Å². The van der Waals surface area contributed by atoms with Crippen molar-refractivity contribution in [2.24, 2.45) is 11.8 Å². The molecular weight excluding hydrogens is 494 g/mol. The molecule has 0 aliphatic carbocycles.